The van der Waals surface area contributed by atoms with E-state index >= 15 is 0 Å². The van der Waals surface area contributed by atoms with Crippen molar-refractivity contribution in [1.29, 1.82) is 0 Å². The Morgan fingerprint density at radius 1 is 1.50 bits per heavy atom. The number of fused-ring (bicyclic) bond motifs is 1. The molecule has 1 N–H and O–H groups in total. The van der Waals surface area contributed by atoms with E-state index in [2.05, 4.69) is 16.9 Å². The minimum Gasteiger partial charge on any atom is -0.345 e. The van der Waals surface area contributed by atoms with Crippen LogP contribution in [0, 0.1) is 0 Å². The summed E-state index contributed by atoms with van der Waals surface area (Å²) in [5, 5.41) is 0.767. The Hall–Kier alpha value is -1.02. The number of nitrogens with zero attached hydrogens (tertiary/aromatic N) is 1. The summed E-state index contributed by atoms with van der Waals surface area (Å²) in [6.07, 6.45) is 2.65. The van der Waals surface area contributed by atoms with Gasteiger partial charge in [-0.2, -0.15) is 0 Å². The van der Waals surface area contributed by atoms with Crippen LogP contribution in [-0.4, -0.2) is 9.97 Å². The Balaban J connectivity index is 2.80. The third-order valence-electron chi connectivity index (χ3n) is 1.95. The number of imidazole rings is 1. The first-order chi connectivity index (χ1) is 5.81. The zero-order chi connectivity index (χ0) is 8.55. The lowest BCUT2D eigenvalue weighted by Crippen LogP contribution is -1.82. The fourth-order valence-electron chi connectivity index (χ4n) is 1.35. The van der Waals surface area contributed by atoms with Gasteiger partial charge in [0.1, 0.15) is 0 Å². The van der Waals surface area contributed by atoms with Crippen molar-refractivity contribution < 1.29 is 0 Å². The van der Waals surface area contributed by atoms with Crippen LogP contribution in [-0.2, 0) is 6.42 Å². The Morgan fingerprint density at radius 3 is 3.08 bits per heavy atom. The van der Waals surface area contributed by atoms with Crippen molar-refractivity contribution in [2.75, 3.05) is 0 Å². The Labute approximate surface area is 75.6 Å². The number of rotatable bonds is 1. The second-order valence-corrected chi connectivity index (χ2v) is 3.15. The fraction of sp³-hybridized carbons (Fsp3) is 0.222. The van der Waals surface area contributed by atoms with E-state index in [9.17, 15) is 0 Å². The molecule has 0 saturated carbocycles. The number of aromatic nitrogens is 2. The van der Waals surface area contributed by atoms with Crippen molar-refractivity contribution in [3.8, 4) is 0 Å². The van der Waals surface area contributed by atoms with Crippen LogP contribution >= 0.6 is 11.6 Å². The molecule has 0 spiro atoms. The molecule has 0 aliphatic heterocycles. The summed E-state index contributed by atoms with van der Waals surface area (Å²) in [6, 6.07) is 3.85. The van der Waals surface area contributed by atoms with E-state index in [1.165, 1.54) is 5.56 Å². The SMILES string of the molecule is CCc1cc(Cl)cc2[nH]cnc12. The van der Waals surface area contributed by atoms with Gasteiger partial charge in [-0.15, -0.1) is 0 Å². The summed E-state index contributed by atoms with van der Waals surface area (Å²) < 4.78 is 0. The predicted molar refractivity (Wildman–Crippen MR) is 50.5 cm³/mol. The molecule has 0 aliphatic rings. The van der Waals surface area contributed by atoms with Crippen molar-refractivity contribution in [3.05, 3.63) is 29.0 Å². The highest BCUT2D eigenvalue weighted by molar-refractivity contribution is 6.31. The summed E-state index contributed by atoms with van der Waals surface area (Å²) in [6.45, 7) is 2.10. The minimum atomic E-state index is 0.767. The van der Waals surface area contributed by atoms with E-state index in [-0.39, 0.29) is 0 Å². The monoisotopic (exact) mass is 180 g/mol. The minimum absolute atomic E-state index is 0.767. The lowest BCUT2D eigenvalue weighted by atomic mass is 10.1. The second kappa shape index (κ2) is 2.79. The number of aromatic amines is 1. The van der Waals surface area contributed by atoms with Gasteiger partial charge in [0.25, 0.3) is 0 Å². The van der Waals surface area contributed by atoms with Crippen LogP contribution in [0.3, 0.4) is 0 Å². The van der Waals surface area contributed by atoms with Gasteiger partial charge in [-0.3, -0.25) is 0 Å². The maximum atomic E-state index is 5.91. The van der Waals surface area contributed by atoms with Gasteiger partial charge in [0.05, 0.1) is 17.4 Å². The third-order valence-corrected chi connectivity index (χ3v) is 2.17. The Bertz CT molecular complexity index is 406. The first-order valence-corrected chi connectivity index (χ1v) is 4.30. The first kappa shape index (κ1) is 7.62. The average molecular weight is 181 g/mol. The zero-order valence-corrected chi connectivity index (χ0v) is 7.52. The van der Waals surface area contributed by atoms with E-state index in [0.717, 1.165) is 22.5 Å². The molecule has 0 atom stereocenters. The molecule has 62 valence electrons. The number of hydrogen-bond donors (Lipinski definition) is 1. The van der Waals surface area contributed by atoms with E-state index in [1.807, 2.05) is 12.1 Å². The van der Waals surface area contributed by atoms with Crippen molar-refractivity contribution in [1.82, 2.24) is 9.97 Å². The number of benzene rings is 1. The summed E-state index contributed by atoms with van der Waals surface area (Å²) in [4.78, 5) is 7.26. The highest BCUT2D eigenvalue weighted by Gasteiger charge is 2.02. The molecule has 1 aromatic heterocycles. The van der Waals surface area contributed by atoms with Gasteiger partial charge in [0.2, 0.25) is 0 Å². The molecule has 3 heteroatoms. The summed E-state index contributed by atoms with van der Waals surface area (Å²) in [5.74, 6) is 0. The number of hydrogen-bond acceptors (Lipinski definition) is 1. The van der Waals surface area contributed by atoms with Gasteiger partial charge in [-0.05, 0) is 24.1 Å². The molecule has 2 aromatic rings. The normalized spacial score (nSPS) is 10.8. The molecule has 0 radical (unpaired) electrons. The third kappa shape index (κ3) is 1.08. The van der Waals surface area contributed by atoms with Gasteiger partial charge in [-0.25, -0.2) is 4.98 Å². The second-order valence-electron chi connectivity index (χ2n) is 2.72. The molecule has 12 heavy (non-hydrogen) atoms. The van der Waals surface area contributed by atoms with Gasteiger partial charge in [-0.1, -0.05) is 18.5 Å². The first-order valence-electron chi connectivity index (χ1n) is 3.92. The van der Waals surface area contributed by atoms with Crippen LogP contribution < -0.4 is 0 Å². The number of aryl methyl sites for hydroxylation is 1. The van der Waals surface area contributed by atoms with E-state index in [1.54, 1.807) is 6.33 Å². The van der Waals surface area contributed by atoms with Crippen LogP contribution in [0.15, 0.2) is 18.5 Å². The quantitative estimate of drug-likeness (QED) is 0.719. The Kier molecular flexibility index (Phi) is 1.77. The zero-order valence-electron chi connectivity index (χ0n) is 6.76. The summed E-state index contributed by atoms with van der Waals surface area (Å²) >= 11 is 5.91. The highest BCUT2D eigenvalue weighted by atomic mass is 35.5. The number of H-pyrrole nitrogens is 1. The standard InChI is InChI=1S/C9H9ClN2/c1-2-6-3-7(10)4-8-9(6)12-5-11-8/h3-5H,2H2,1H3,(H,11,12). The predicted octanol–water partition coefficient (Wildman–Crippen LogP) is 2.78. The molecule has 1 heterocycles. The lowest BCUT2D eigenvalue weighted by Gasteiger charge is -1.98. The molecule has 0 aliphatic carbocycles. The smallest absolute Gasteiger partial charge is 0.0932 e. The molecule has 0 unspecified atom stereocenters. The molecule has 1 aromatic carbocycles. The largest absolute Gasteiger partial charge is 0.345 e. The van der Waals surface area contributed by atoms with Crippen molar-refractivity contribution >= 4 is 22.6 Å². The van der Waals surface area contributed by atoms with Crippen LogP contribution in [0.2, 0.25) is 5.02 Å². The number of nitrogens with one attached hydrogen (secondary N) is 1. The van der Waals surface area contributed by atoms with Crippen LogP contribution in [0.1, 0.15) is 12.5 Å². The molecular formula is C9H9ClN2. The molecule has 0 fully saturated rings. The van der Waals surface area contributed by atoms with Gasteiger partial charge >= 0.3 is 0 Å². The van der Waals surface area contributed by atoms with E-state index < -0.39 is 0 Å². The molecule has 0 amide bonds. The lowest BCUT2D eigenvalue weighted by molar-refractivity contribution is 1.15. The van der Waals surface area contributed by atoms with Crippen molar-refractivity contribution in [3.63, 3.8) is 0 Å². The molecular weight excluding hydrogens is 172 g/mol. The van der Waals surface area contributed by atoms with Crippen molar-refractivity contribution in [2.24, 2.45) is 0 Å². The van der Waals surface area contributed by atoms with E-state index in [0.29, 0.717) is 0 Å². The fourth-order valence-corrected chi connectivity index (χ4v) is 1.59. The van der Waals surface area contributed by atoms with Crippen LogP contribution in [0.4, 0.5) is 0 Å². The highest BCUT2D eigenvalue weighted by Crippen LogP contribution is 2.21. The van der Waals surface area contributed by atoms with Gasteiger partial charge < -0.3 is 4.98 Å². The number of halogens is 1. The molecule has 2 rings (SSSR count). The van der Waals surface area contributed by atoms with E-state index in [4.69, 9.17) is 11.6 Å². The van der Waals surface area contributed by atoms with Crippen LogP contribution in [0.25, 0.3) is 11.0 Å². The maximum Gasteiger partial charge on any atom is 0.0932 e. The van der Waals surface area contributed by atoms with Crippen molar-refractivity contribution in [2.45, 2.75) is 13.3 Å². The van der Waals surface area contributed by atoms with Gasteiger partial charge in [0, 0.05) is 5.02 Å². The molecule has 2 nitrogen and oxygen atoms in total. The topological polar surface area (TPSA) is 28.7 Å². The van der Waals surface area contributed by atoms with Crippen LogP contribution in [0.5, 0.6) is 0 Å². The molecule has 0 saturated heterocycles. The summed E-state index contributed by atoms with van der Waals surface area (Å²) in [5.41, 5.74) is 3.24. The summed E-state index contributed by atoms with van der Waals surface area (Å²) in [7, 11) is 0. The Morgan fingerprint density at radius 2 is 2.33 bits per heavy atom. The average Bonchev–Trinajstić information content (AvgIpc) is 2.50. The maximum absolute atomic E-state index is 5.91. The molecule has 0 bridgehead atoms. The van der Waals surface area contributed by atoms with Gasteiger partial charge in [0.15, 0.2) is 0 Å².